The normalized spacial score (nSPS) is 23.1. The smallest absolute Gasteiger partial charge is 0.410 e. The highest BCUT2D eigenvalue weighted by Gasteiger charge is 2.36. The van der Waals surface area contributed by atoms with Crippen molar-refractivity contribution in [2.45, 2.75) is 51.4 Å². The van der Waals surface area contributed by atoms with Crippen molar-refractivity contribution in [1.82, 2.24) is 19.8 Å². The van der Waals surface area contributed by atoms with Crippen LogP contribution in [0.3, 0.4) is 0 Å². The molecule has 4 rings (SSSR count). The van der Waals surface area contributed by atoms with E-state index in [4.69, 9.17) is 4.74 Å². The number of ether oxygens (including phenoxy) is 1. The van der Waals surface area contributed by atoms with E-state index in [9.17, 15) is 4.79 Å². The monoisotopic (exact) mass is 535 g/mol. The predicted octanol–water partition coefficient (Wildman–Crippen LogP) is 3.78. The van der Waals surface area contributed by atoms with E-state index in [1.807, 2.05) is 23.4 Å². The second kappa shape index (κ2) is 10.1. The van der Waals surface area contributed by atoms with Crippen molar-refractivity contribution in [3.05, 3.63) is 51.9 Å². The van der Waals surface area contributed by atoms with Crippen LogP contribution in [0, 0.1) is 3.57 Å². The molecule has 2 aliphatic rings. The first-order chi connectivity index (χ1) is 15.0. The van der Waals surface area contributed by atoms with E-state index >= 15 is 0 Å². The minimum absolute atomic E-state index is 0.00325. The van der Waals surface area contributed by atoms with Gasteiger partial charge < -0.3 is 9.64 Å². The molecule has 1 aromatic carbocycles. The van der Waals surface area contributed by atoms with Crippen molar-refractivity contribution in [2.24, 2.45) is 0 Å². The van der Waals surface area contributed by atoms with E-state index in [0.29, 0.717) is 13.1 Å². The molecule has 8 heteroatoms. The molecule has 0 spiro atoms. The summed E-state index contributed by atoms with van der Waals surface area (Å²) in [5.74, 6) is 0.720. The Balaban J connectivity index is 1.27. The Morgan fingerprint density at radius 2 is 1.68 bits per heavy atom. The molecule has 0 unspecified atom stereocenters. The molecular weight excluding hydrogens is 505 g/mol. The summed E-state index contributed by atoms with van der Waals surface area (Å²) in [4.78, 5) is 28.3. The molecule has 1 aromatic heterocycles. The highest BCUT2D eigenvalue weighted by molar-refractivity contribution is 14.1. The number of rotatable bonds is 4. The predicted molar refractivity (Wildman–Crippen MR) is 129 cm³/mol. The lowest BCUT2D eigenvalue weighted by Gasteiger charge is -2.44. The molecular formula is C23H30IN5O2. The number of likely N-dealkylation sites (tertiary alicyclic amines) is 1. The number of piperazine rings is 1. The average molecular weight is 535 g/mol. The van der Waals surface area contributed by atoms with Crippen LogP contribution in [0.5, 0.6) is 0 Å². The maximum Gasteiger partial charge on any atom is 0.410 e. The van der Waals surface area contributed by atoms with E-state index in [1.165, 1.54) is 5.56 Å². The Bertz CT molecular complexity index is 846. The molecule has 1 amide bonds. The minimum Gasteiger partial charge on any atom is -0.446 e. The number of halogens is 1. The Morgan fingerprint density at radius 1 is 1.06 bits per heavy atom. The van der Waals surface area contributed by atoms with Crippen LogP contribution in [0.2, 0.25) is 0 Å². The number of piperidine rings is 1. The first-order valence-corrected chi connectivity index (χ1v) is 12.0. The largest absolute Gasteiger partial charge is 0.446 e. The third kappa shape index (κ3) is 5.65. The molecule has 0 radical (unpaired) electrons. The van der Waals surface area contributed by atoms with Crippen LogP contribution in [0.25, 0.3) is 0 Å². The molecule has 31 heavy (non-hydrogen) atoms. The Morgan fingerprint density at radius 3 is 2.29 bits per heavy atom. The molecule has 0 saturated carbocycles. The van der Waals surface area contributed by atoms with Gasteiger partial charge >= 0.3 is 6.09 Å². The van der Waals surface area contributed by atoms with Crippen molar-refractivity contribution in [3.8, 4) is 0 Å². The molecule has 2 aliphatic heterocycles. The maximum atomic E-state index is 13.0. The van der Waals surface area contributed by atoms with Gasteiger partial charge in [-0.1, -0.05) is 30.3 Å². The number of amides is 1. The fourth-order valence-corrected chi connectivity index (χ4v) is 4.82. The first-order valence-electron chi connectivity index (χ1n) is 11.0. The lowest BCUT2D eigenvalue weighted by molar-refractivity contribution is 0.00996. The van der Waals surface area contributed by atoms with Crippen LogP contribution in [0.15, 0.2) is 42.7 Å². The van der Waals surface area contributed by atoms with Gasteiger partial charge in [0, 0.05) is 48.7 Å². The van der Waals surface area contributed by atoms with Crippen molar-refractivity contribution in [1.29, 1.82) is 0 Å². The molecule has 2 atom stereocenters. The zero-order chi connectivity index (χ0) is 21.8. The van der Waals surface area contributed by atoms with Crippen LogP contribution >= 0.6 is 22.6 Å². The quantitative estimate of drug-likeness (QED) is 0.556. The van der Waals surface area contributed by atoms with Gasteiger partial charge in [0.1, 0.15) is 6.10 Å². The highest BCUT2D eigenvalue weighted by Crippen LogP contribution is 2.23. The third-order valence-corrected chi connectivity index (χ3v) is 6.63. The summed E-state index contributed by atoms with van der Waals surface area (Å²) in [6, 6.07) is 10.6. The number of hydrogen-bond donors (Lipinski definition) is 0. The third-order valence-electron chi connectivity index (χ3n) is 6.07. The summed E-state index contributed by atoms with van der Waals surface area (Å²) in [6.45, 7) is 8.41. The number of nitrogens with zero attached hydrogens (tertiary/aromatic N) is 5. The molecule has 2 fully saturated rings. The van der Waals surface area contributed by atoms with Gasteiger partial charge in [0.2, 0.25) is 5.95 Å². The number of benzene rings is 1. The summed E-state index contributed by atoms with van der Waals surface area (Å²) >= 11 is 2.20. The highest BCUT2D eigenvalue weighted by atomic mass is 127. The van der Waals surface area contributed by atoms with E-state index in [-0.39, 0.29) is 24.3 Å². The Kier molecular flexibility index (Phi) is 7.27. The van der Waals surface area contributed by atoms with Crippen molar-refractivity contribution >= 4 is 34.6 Å². The van der Waals surface area contributed by atoms with Gasteiger partial charge in [-0.2, -0.15) is 0 Å². The second-order valence-corrected chi connectivity index (χ2v) is 9.80. The summed E-state index contributed by atoms with van der Waals surface area (Å²) in [5.41, 5.74) is 1.33. The van der Waals surface area contributed by atoms with E-state index in [1.54, 1.807) is 0 Å². The van der Waals surface area contributed by atoms with Gasteiger partial charge in [-0.25, -0.2) is 14.8 Å². The van der Waals surface area contributed by atoms with Crippen LogP contribution < -0.4 is 4.90 Å². The minimum atomic E-state index is -0.190. The SMILES string of the molecule is C[C@@H]1CN(c2ncc(I)cn2)C[C@H](C)N1C(=O)OC1CCN(Cc2ccccc2)CC1. The number of carbonyl (C=O) groups excluding carboxylic acids is 1. The fourth-order valence-electron chi connectivity index (χ4n) is 4.55. The van der Waals surface area contributed by atoms with Crippen LogP contribution in [0.4, 0.5) is 10.7 Å². The van der Waals surface area contributed by atoms with E-state index in [2.05, 4.69) is 80.5 Å². The number of carbonyl (C=O) groups is 1. The molecule has 3 heterocycles. The molecule has 0 aliphatic carbocycles. The summed E-state index contributed by atoms with van der Waals surface area (Å²) < 4.78 is 6.95. The number of anilines is 1. The standard InChI is InChI=1S/C23H30IN5O2/c1-17-14-28(22-25-12-20(24)13-26-22)15-18(2)29(17)23(30)31-21-8-10-27(11-9-21)16-19-6-4-3-5-7-19/h3-7,12-13,17-18,21H,8-11,14-16H2,1-2H3/t17-,18+. The maximum absolute atomic E-state index is 13.0. The van der Waals surface area contributed by atoms with Crippen LogP contribution in [0.1, 0.15) is 32.3 Å². The molecule has 0 N–H and O–H groups in total. The molecule has 2 aromatic rings. The van der Waals surface area contributed by atoms with Crippen molar-refractivity contribution < 1.29 is 9.53 Å². The van der Waals surface area contributed by atoms with Gasteiger partial charge in [-0.15, -0.1) is 0 Å². The first kappa shape index (κ1) is 22.3. The van der Waals surface area contributed by atoms with Crippen LogP contribution in [-0.2, 0) is 11.3 Å². The molecule has 2 saturated heterocycles. The second-order valence-electron chi connectivity index (χ2n) is 8.56. The molecule has 166 valence electrons. The van der Waals surface area contributed by atoms with E-state index in [0.717, 1.165) is 42.0 Å². The summed E-state index contributed by atoms with van der Waals surface area (Å²) in [5, 5.41) is 0. The molecule has 7 nitrogen and oxygen atoms in total. The lowest BCUT2D eigenvalue weighted by atomic mass is 10.1. The van der Waals surface area contributed by atoms with Crippen LogP contribution in [-0.4, -0.2) is 70.2 Å². The van der Waals surface area contributed by atoms with Gasteiger partial charge in [0.15, 0.2) is 0 Å². The van der Waals surface area contributed by atoms with Gasteiger partial charge in [-0.05, 0) is 54.8 Å². The number of hydrogen-bond acceptors (Lipinski definition) is 6. The van der Waals surface area contributed by atoms with Gasteiger partial charge in [0.05, 0.1) is 12.1 Å². The lowest BCUT2D eigenvalue weighted by Crippen LogP contribution is -2.59. The van der Waals surface area contributed by atoms with Gasteiger partial charge in [-0.3, -0.25) is 9.80 Å². The van der Waals surface area contributed by atoms with Crippen molar-refractivity contribution in [3.63, 3.8) is 0 Å². The number of aromatic nitrogens is 2. The summed E-state index contributed by atoms with van der Waals surface area (Å²) in [7, 11) is 0. The van der Waals surface area contributed by atoms with Crippen molar-refractivity contribution in [2.75, 3.05) is 31.1 Å². The molecule has 0 bridgehead atoms. The van der Waals surface area contributed by atoms with E-state index < -0.39 is 0 Å². The average Bonchev–Trinajstić information content (AvgIpc) is 2.76. The fraction of sp³-hybridized carbons (Fsp3) is 0.522. The zero-order valence-electron chi connectivity index (χ0n) is 18.2. The zero-order valence-corrected chi connectivity index (χ0v) is 20.3. The Hall–Kier alpha value is -1.94. The topological polar surface area (TPSA) is 61.8 Å². The Labute approximate surface area is 197 Å². The summed E-state index contributed by atoms with van der Waals surface area (Å²) in [6.07, 6.45) is 5.22. The van der Waals surface area contributed by atoms with Gasteiger partial charge in [0.25, 0.3) is 0 Å².